The molecule has 0 unspecified atom stereocenters. The van der Waals surface area contributed by atoms with Gasteiger partial charge in [-0.3, -0.25) is 0 Å². The summed E-state index contributed by atoms with van der Waals surface area (Å²) in [6, 6.07) is 10.1. The molecule has 1 aromatic carbocycles. The molecule has 3 heterocycles. The minimum absolute atomic E-state index is 0.363. The van der Waals surface area contributed by atoms with Gasteiger partial charge in [0.05, 0.1) is 28.7 Å². The van der Waals surface area contributed by atoms with Gasteiger partial charge in [-0.2, -0.15) is 0 Å². The highest BCUT2D eigenvalue weighted by molar-refractivity contribution is 7.22. The minimum Gasteiger partial charge on any atom is -0.390 e. The predicted octanol–water partition coefficient (Wildman–Crippen LogP) is 4.62. The summed E-state index contributed by atoms with van der Waals surface area (Å²) in [4.78, 5) is 13.0. The second-order valence-corrected chi connectivity index (χ2v) is 9.14. The molecule has 0 bridgehead atoms. The van der Waals surface area contributed by atoms with Gasteiger partial charge in [0.15, 0.2) is 10.8 Å². The van der Waals surface area contributed by atoms with Crippen LogP contribution in [0.5, 0.6) is 0 Å². The van der Waals surface area contributed by atoms with Crippen LogP contribution in [0, 0.1) is 5.92 Å². The van der Waals surface area contributed by atoms with E-state index in [1.54, 1.807) is 6.20 Å². The van der Waals surface area contributed by atoms with Crippen LogP contribution in [-0.4, -0.2) is 30.2 Å². The third-order valence-electron chi connectivity index (χ3n) is 5.83. The summed E-state index contributed by atoms with van der Waals surface area (Å²) < 4.78 is 3.15. The van der Waals surface area contributed by atoms with Gasteiger partial charge >= 0.3 is 0 Å². The maximum absolute atomic E-state index is 9.64. The molecular weight excluding hydrogens is 382 g/mol. The Morgan fingerprint density at radius 1 is 1.24 bits per heavy atom. The summed E-state index contributed by atoms with van der Waals surface area (Å²) in [5, 5.41) is 10.2. The van der Waals surface area contributed by atoms with Gasteiger partial charge in [-0.15, -0.1) is 0 Å². The van der Waals surface area contributed by atoms with E-state index in [9.17, 15) is 5.11 Å². The van der Waals surface area contributed by atoms with Gasteiger partial charge in [0.2, 0.25) is 0 Å². The molecule has 1 aliphatic carbocycles. The van der Waals surface area contributed by atoms with Crippen molar-refractivity contribution in [1.82, 2.24) is 19.5 Å². The van der Waals surface area contributed by atoms with Crippen LogP contribution in [-0.2, 0) is 6.54 Å². The van der Waals surface area contributed by atoms with Crippen LogP contribution in [0.3, 0.4) is 0 Å². The Kier molecular flexibility index (Phi) is 5.52. The lowest BCUT2D eigenvalue weighted by molar-refractivity contribution is -0.0239. The van der Waals surface area contributed by atoms with Crippen molar-refractivity contribution >= 4 is 37.8 Å². The van der Waals surface area contributed by atoms with Gasteiger partial charge in [-0.1, -0.05) is 37.2 Å². The summed E-state index contributed by atoms with van der Waals surface area (Å²) in [6.07, 6.45) is 8.31. The van der Waals surface area contributed by atoms with Gasteiger partial charge in [0.1, 0.15) is 5.52 Å². The van der Waals surface area contributed by atoms with Crippen LogP contribution in [0.15, 0.2) is 42.9 Å². The molecule has 7 heteroatoms. The highest BCUT2D eigenvalue weighted by Crippen LogP contribution is 2.32. The molecule has 1 fully saturated rings. The Morgan fingerprint density at radius 2 is 2.10 bits per heavy atom. The SMILES string of the molecule is C[C@@H]1CCCC[C@]1(C)O.Nc1nc2ccc(Cn3cnc4cccnc43)cc2s1. The molecule has 5 rings (SSSR count). The fourth-order valence-corrected chi connectivity index (χ4v) is 4.58. The number of nitrogens with two attached hydrogens (primary N) is 1. The van der Waals surface area contributed by atoms with Gasteiger partial charge in [-0.05, 0) is 55.5 Å². The number of rotatable bonds is 2. The number of nitrogens with zero attached hydrogens (tertiary/aromatic N) is 4. The molecule has 0 saturated heterocycles. The molecule has 0 radical (unpaired) electrons. The van der Waals surface area contributed by atoms with Crippen LogP contribution < -0.4 is 5.73 Å². The number of pyridine rings is 1. The predicted molar refractivity (Wildman–Crippen MR) is 119 cm³/mol. The van der Waals surface area contributed by atoms with Crippen molar-refractivity contribution in [3.63, 3.8) is 0 Å². The van der Waals surface area contributed by atoms with E-state index in [1.165, 1.54) is 36.2 Å². The average Bonchev–Trinajstić information content (AvgIpc) is 3.27. The first-order valence-electron chi connectivity index (χ1n) is 10.1. The topological polar surface area (TPSA) is 89.8 Å². The van der Waals surface area contributed by atoms with Crippen LogP contribution >= 0.6 is 11.3 Å². The van der Waals surface area contributed by atoms with Crippen molar-refractivity contribution in [1.29, 1.82) is 0 Å². The summed E-state index contributed by atoms with van der Waals surface area (Å²) in [5.74, 6) is 0.506. The zero-order valence-corrected chi connectivity index (χ0v) is 17.7. The second-order valence-electron chi connectivity index (χ2n) is 8.08. The van der Waals surface area contributed by atoms with Crippen molar-refractivity contribution in [2.75, 3.05) is 5.73 Å². The van der Waals surface area contributed by atoms with Crippen molar-refractivity contribution in [2.45, 2.75) is 51.7 Å². The molecule has 4 aromatic rings. The lowest BCUT2D eigenvalue weighted by Gasteiger charge is -2.34. The number of thiazole rings is 1. The summed E-state index contributed by atoms with van der Waals surface area (Å²) in [6.45, 7) is 4.83. The largest absolute Gasteiger partial charge is 0.390 e. The molecule has 29 heavy (non-hydrogen) atoms. The number of aromatic nitrogens is 4. The standard InChI is InChI=1S/C14H11N5S.C8H16O/c15-14-18-10-4-3-9(6-12(10)20-14)7-19-8-17-11-2-1-5-16-13(11)19;1-7-5-3-4-6-8(7,2)9/h1-6,8H,7H2,(H2,15,18);7,9H,3-6H2,1-2H3/t;7-,8+/m.1/s1. The Hall–Kier alpha value is -2.51. The molecule has 3 aromatic heterocycles. The molecule has 0 aliphatic heterocycles. The molecule has 1 aliphatic rings. The minimum atomic E-state index is -0.363. The summed E-state index contributed by atoms with van der Waals surface area (Å²) in [5.41, 5.74) is 9.32. The molecule has 0 amide bonds. The van der Waals surface area contributed by atoms with Crippen molar-refractivity contribution < 1.29 is 5.11 Å². The van der Waals surface area contributed by atoms with E-state index in [0.29, 0.717) is 11.0 Å². The summed E-state index contributed by atoms with van der Waals surface area (Å²) >= 11 is 1.51. The molecule has 2 atom stereocenters. The Morgan fingerprint density at radius 3 is 2.86 bits per heavy atom. The normalized spacial score (nSPS) is 21.8. The Balaban J connectivity index is 0.000000192. The van der Waals surface area contributed by atoms with Crippen molar-refractivity contribution in [3.8, 4) is 0 Å². The zero-order valence-electron chi connectivity index (χ0n) is 16.9. The van der Waals surface area contributed by atoms with Gasteiger partial charge in [-0.25, -0.2) is 15.0 Å². The van der Waals surface area contributed by atoms with Crippen molar-refractivity contribution in [3.05, 3.63) is 48.4 Å². The first-order valence-corrected chi connectivity index (χ1v) is 10.9. The zero-order chi connectivity index (χ0) is 20.4. The Bertz CT molecular complexity index is 1120. The highest BCUT2D eigenvalue weighted by atomic mass is 32.1. The summed E-state index contributed by atoms with van der Waals surface area (Å²) in [7, 11) is 0. The molecule has 6 nitrogen and oxygen atoms in total. The van der Waals surface area contributed by atoms with Gasteiger partial charge in [0, 0.05) is 6.20 Å². The number of fused-ring (bicyclic) bond motifs is 2. The highest BCUT2D eigenvalue weighted by Gasteiger charge is 2.30. The first kappa shape index (κ1) is 19.8. The molecule has 0 spiro atoms. The van der Waals surface area contributed by atoms with E-state index in [4.69, 9.17) is 5.73 Å². The quantitative estimate of drug-likeness (QED) is 0.504. The fraction of sp³-hybridized carbons (Fsp3) is 0.409. The molecule has 152 valence electrons. The number of aliphatic hydroxyl groups is 1. The lowest BCUT2D eigenvalue weighted by Crippen LogP contribution is -2.35. The molecule has 3 N–H and O–H groups in total. The van der Waals surface area contributed by atoms with Crippen molar-refractivity contribution in [2.24, 2.45) is 5.92 Å². The van der Waals surface area contributed by atoms with E-state index in [2.05, 4.69) is 34.0 Å². The maximum Gasteiger partial charge on any atom is 0.181 e. The number of nitrogen functional groups attached to an aromatic ring is 1. The Labute approximate surface area is 174 Å². The smallest absolute Gasteiger partial charge is 0.181 e. The third-order valence-corrected chi connectivity index (χ3v) is 6.68. The van der Waals surface area contributed by atoms with Gasteiger partial charge in [0.25, 0.3) is 0 Å². The molecule has 1 saturated carbocycles. The monoisotopic (exact) mass is 409 g/mol. The third kappa shape index (κ3) is 4.41. The van der Waals surface area contributed by atoms with E-state index < -0.39 is 0 Å². The number of imidazole rings is 1. The van der Waals surface area contributed by atoms with E-state index in [0.717, 1.165) is 34.3 Å². The fourth-order valence-electron chi connectivity index (χ4n) is 3.79. The lowest BCUT2D eigenvalue weighted by atomic mass is 9.78. The number of hydrogen-bond donors (Lipinski definition) is 2. The van der Waals surface area contributed by atoms with E-state index in [-0.39, 0.29) is 5.60 Å². The number of hydrogen-bond acceptors (Lipinski definition) is 6. The van der Waals surface area contributed by atoms with Crippen LogP contribution in [0.4, 0.5) is 5.13 Å². The number of anilines is 1. The van der Waals surface area contributed by atoms with E-state index in [1.807, 2.05) is 36.0 Å². The van der Waals surface area contributed by atoms with Crippen LogP contribution in [0.2, 0.25) is 0 Å². The average molecular weight is 410 g/mol. The maximum atomic E-state index is 9.64. The van der Waals surface area contributed by atoms with Crippen LogP contribution in [0.1, 0.15) is 45.1 Å². The van der Waals surface area contributed by atoms with E-state index >= 15 is 0 Å². The second kappa shape index (κ2) is 8.08. The van der Waals surface area contributed by atoms with Crippen LogP contribution in [0.25, 0.3) is 21.4 Å². The molecular formula is C22H27N5OS. The van der Waals surface area contributed by atoms with Gasteiger partial charge < -0.3 is 15.4 Å². The first-order chi connectivity index (χ1) is 13.9. The number of benzene rings is 1.